The summed E-state index contributed by atoms with van der Waals surface area (Å²) in [5.41, 5.74) is 1.10. The topological polar surface area (TPSA) is 90.0 Å². The average molecular weight is 345 g/mol. The molecule has 1 unspecified atom stereocenters. The second kappa shape index (κ2) is 7.65. The molecule has 0 bridgehead atoms. The number of piperidine rings is 1. The van der Waals surface area contributed by atoms with Crippen molar-refractivity contribution in [1.82, 2.24) is 15.1 Å². The van der Waals surface area contributed by atoms with Crippen LogP contribution in [0.4, 0.5) is 0 Å². The number of piperazine rings is 1. The van der Waals surface area contributed by atoms with Gasteiger partial charge in [-0.3, -0.25) is 14.5 Å². The van der Waals surface area contributed by atoms with E-state index in [0.717, 1.165) is 31.5 Å². The second-order valence-corrected chi connectivity index (χ2v) is 6.57. The van der Waals surface area contributed by atoms with Crippen molar-refractivity contribution in [2.24, 2.45) is 0 Å². The van der Waals surface area contributed by atoms with E-state index < -0.39 is 5.97 Å². The highest BCUT2D eigenvalue weighted by atomic mass is 16.4. The summed E-state index contributed by atoms with van der Waals surface area (Å²) in [6, 6.07) is 6.58. The molecule has 2 heterocycles. The van der Waals surface area contributed by atoms with Crippen LogP contribution in [0.3, 0.4) is 0 Å². The van der Waals surface area contributed by atoms with Crippen LogP contribution >= 0.6 is 0 Å². The molecule has 0 aromatic heterocycles. The van der Waals surface area contributed by atoms with E-state index in [4.69, 9.17) is 5.11 Å². The Morgan fingerprint density at radius 1 is 1.16 bits per heavy atom. The monoisotopic (exact) mass is 345 g/mol. The highest BCUT2D eigenvalue weighted by Gasteiger charge is 2.30. The Morgan fingerprint density at radius 2 is 1.92 bits per heavy atom. The molecular formula is C18H23N3O4. The first kappa shape index (κ1) is 17.4. The minimum Gasteiger partial charge on any atom is -0.478 e. The molecule has 0 saturated carbocycles. The molecule has 134 valence electrons. The van der Waals surface area contributed by atoms with Gasteiger partial charge >= 0.3 is 5.97 Å². The number of benzene rings is 1. The largest absolute Gasteiger partial charge is 0.478 e. The summed E-state index contributed by atoms with van der Waals surface area (Å²) < 4.78 is 0. The Hall–Kier alpha value is -2.41. The van der Waals surface area contributed by atoms with Crippen LogP contribution in [0.1, 0.15) is 34.7 Å². The number of aromatic carboxylic acids is 1. The normalized spacial score (nSPS) is 21.9. The lowest BCUT2D eigenvalue weighted by Gasteiger charge is -2.35. The Balaban J connectivity index is 1.60. The van der Waals surface area contributed by atoms with E-state index in [1.807, 2.05) is 4.90 Å². The van der Waals surface area contributed by atoms with Gasteiger partial charge in [0.2, 0.25) is 11.8 Å². The molecular weight excluding hydrogens is 322 g/mol. The predicted octanol–water partition coefficient (Wildman–Crippen LogP) is 0.523. The molecule has 2 aliphatic rings. The van der Waals surface area contributed by atoms with Crippen molar-refractivity contribution in [2.75, 3.05) is 39.3 Å². The molecule has 0 aliphatic carbocycles. The van der Waals surface area contributed by atoms with Crippen molar-refractivity contribution >= 4 is 17.8 Å². The van der Waals surface area contributed by atoms with Crippen LogP contribution < -0.4 is 5.32 Å². The van der Waals surface area contributed by atoms with E-state index in [1.165, 1.54) is 0 Å². The zero-order valence-electron chi connectivity index (χ0n) is 14.1. The summed E-state index contributed by atoms with van der Waals surface area (Å²) in [7, 11) is 0. The average Bonchev–Trinajstić information content (AvgIpc) is 2.61. The van der Waals surface area contributed by atoms with Gasteiger partial charge in [-0.2, -0.15) is 0 Å². The number of carboxylic acids is 1. The van der Waals surface area contributed by atoms with Gasteiger partial charge in [0, 0.05) is 32.7 Å². The maximum atomic E-state index is 12.8. The fraction of sp³-hybridized carbons (Fsp3) is 0.500. The third-order valence-corrected chi connectivity index (χ3v) is 4.89. The second-order valence-electron chi connectivity index (χ2n) is 6.57. The van der Waals surface area contributed by atoms with Gasteiger partial charge in [0.25, 0.3) is 0 Å². The van der Waals surface area contributed by atoms with E-state index >= 15 is 0 Å². The Morgan fingerprint density at radius 3 is 2.60 bits per heavy atom. The van der Waals surface area contributed by atoms with Gasteiger partial charge in [0.05, 0.1) is 18.0 Å². The van der Waals surface area contributed by atoms with Gasteiger partial charge in [0.15, 0.2) is 0 Å². The van der Waals surface area contributed by atoms with Gasteiger partial charge in [0.1, 0.15) is 0 Å². The van der Waals surface area contributed by atoms with Crippen molar-refractivity contribution in [3.63, 3.8) is 0 Å². The number of carbonyl (C=O) groups is 3. The third-order valence-electron chi connectivity index (χ3n) is 4.89. The van der Waals surface area contributed by atoms with Crippen LogP contribution in [0.25, 0.3) is 0 Å². The molecule has 7 heteroatoms. The molecule has 1 aromatic carbocycles. The van der Waals surface area contributed by atoms with E-state index in [1.54, 1.807) is 24.3 Å². The first-order valence-corrected chi connectivity index (χ1v) is 8.65. The summed E-state index contributed by atoms with van der Waals surface area (Å²) >= 11 is 0. The lowest BCUT2D eigenvalue weighted by atomic mass is 9.89. The van der Waals surface area contributed by atoms with Crippen molar-refractivity contribution in [1.29, 1.82) is 0 Å². The Bertz CT molecular complexity index is 659. The highest BCUT2D eigenvalue weighted by Crippen LogP contribution is 2.28. The molecule has 0 radical (unpaired) electrons. The number of hydrogen-bond donors (Lipinski definition) is 2. The maximum Gasteiger partial charge on any atom is 0.335 e. The smallest absolute Gasteiger partial charge is 0.335 e. The number of hydrogen-bond acceptors (Lipinski definition) is 4. The quantitative estimate of drug-likeness (QED) is 0.812. The van der Waals surface area contributed by atoms with Gasteiger partial charge in [-0.1, -0.05) is 12.1 Å². The number of rotatable bonds is 5. The molecule has 0 spiro atoms. The number of nitrogens with one attached hydrogen (secondary N) is 1. The summed E-state index contributed by atoms with van der Waals surface area (Å²) in [4.78, 5) is 39.1. The molecule has 2 N–H and O–H groups in total. The summed E-state index contributed by atoms with van der Waals surface area (Å²) in [5, 5.41) is 11.8. The van der Waals surface area contributed by atoms with Gasteiger partial charge < -0.3 is 15.3 Å². The molecule has 2 aliphatic heterocycles. The number of nitrogens with zero attached hydrogens (tertiary/aromatic N) is 2. The van der Waals surface area contributed by atoms with Crippen LogP contribution in [0, 0.1) is 0 Å². The van der Waals surface area contributed by atoms with Gasteiger partial charge in [-0.15, -0.1) is 0 Å². The zero-order valence-corrected chi connectivity index (χ0v) is 14.1. The van der Waals surface area contributed by atoms with E-state index in [-0.39, 0.29) is 23.3 Å². The Labute approximate surface area is 146 Å². The first-order valence-electron chi connectivity index (χ1n) is 8.65. The molecule has 25 heavy (non-hydrogen) atoms. The predicted molar refractivity (Wildman–Crippen MR) is 91.4 cm³/mol. The van der Waals surface area contributed by atoms with Crippen LogP contribution in [-0.4, -0.2) is 72.0 Å². The molecule has 2 saturated heterocycles. The first-order chi connectivity index (χ1) is 12.0. The van der Waals surface area contributed by atoms with Crippen molar-refractivity contribution in [3.05, 3.63) is 35.4 Å². The molecule has 2 fully saturated rings. The number of likely N-dealkylation sites (tertiary alicyclic amines) is 1. The summed E-state index contributed by atoms with van der Waals surface area (Å²) in [6.45, 7) is 3.92. The minimum atomic E-state index is -0.964. The van der Waals surface area contributed by atoms with E-state index in [2.05, 4.69) is 10.2 Å². The van der Waals surface area contributed by atoms with Gasteiger partial charge in [-0.25, -0.2) is 4.79 Å². The highest BCUT2D eigenvalue weighted by molar-refractivity contribution is 5.88. The van der Waals surface area contributed by atoms with Crippen molar-refractivity contribution in [2.45, 2.75) is 18.8 Å². The number of amides is 2. The molecule has 1 atom stereocenters. The standard InChI is InChI=1S/C18H23N3O4/c22-16-12-20(9-7-19-16)10-11-21-8-1-2-15(17(21)23)13-3-5-14(6-4-13)18(24)25/h3-6,15H,1-2,7-12H2,(H,19,22)(H,24,25). The third kappa shape index (κ3) is 4.17. The lowest BCUT2D eigenvalue weighted by molar-refractivity contribution is -0.135. The minimum absolute atomic E-state index is 0.0348. The fourth-order valence-corrected chi connectivity index (χ4v) is 3.47. The van der Waals surface area contributed by atoms with E-state index in [9.17, 15) is 14.4 Å². The molecule has 3 rings (SSSR count). The van der Waals surface area contributed by atoms with E-state index in [0.29, 0.717) is 26.2 Å². The van der Waals surface area contributed by atoms with Crippen LogP contribution in [0.15, 0.2) is 24.3 Å². The molecule has 1 aromatic rings. The maximum absolute atomic E-state index is 12.8. The van der Waals surface area contributed by atoms with Crippen LogP contribution in [-0.2, 0) is 9.59 Å². The SMILES string of the molecule is O=C1CN(CCN2CCCC(c3ccc(C(=O)O)cc3)C2=O)CCN1. The van der Waals surface area contributed by atoms with Crippen molar-refractivity contribution in [3.8, 4) is 0 Å². The lowest BCUT2D eigenvalue weighted by Crippen LogP contribution is -2.51. The summed E-state index contributed by atoms with van der Waals surface area (Å²) in [6.07, 6.45) is 1.71. The zero-order chi connectivity index (χ0) is 17.8. The number of carbonyl (C=O) groups excluding carboxylic acids is 2. The molecule has 2 amide bonds. The van der Waals surface area contributed by atoms with Crippen molar-refractivity contribution < 1.29 is 19.5 Å². The number of carboxylic acid groups (broad SMARTS) is 1. The van der Waals surface area contributed by atoms with Crippen LogP contribution in [0.5, 0.6) is 0 Å². The molecule has 7 nitrogen and oxygen atoms in total. The Kier molecular flexibility index (Phi) is 5.33. The summed E-state index contributed by atoms with van der Waals surface area (Å²) in [5.74, 6) is -1.04. The fourth-order valence-electron chi connectivity index (χ4n) is 3.47. The van der Waals surface area contributed by atoms with Gasteiger partial charge in [-0.05, 0) is 30.5 Å². The van der Waals surface area contributed by atoms with Crippen LogP contribution in [0.2, 0.25) is 0 Å².